The van der Waals surface area contributed by atoms with E-state index in [1.807, 2.05) is 13.8 Å². The maximum absolute atomic E-state index is 14.4. The summed E-state index contributed by atoms with van der Waals surface area (Å²) in [5.41, 5.74) is 0.667. The van der Waals surface area contributed by atoms with Gasteiger partial charge in [0, 0.05) is 31.4 Å². The molecule has 3 rings (SSSR count). The summed E-state index contributed by atoms with van der Waals surface area (Å²) in [7, 11) is 1.76. The molecule has 0 fully saturated rings. The van der Waals surface area contributed by atoms with E-state index in [1.54, 1.807) is 34.8 Å². The maximum Gasteiger partial charge on any atom is 0.416 e. The quantitative estimate of drug-likeness (QED) is 0.527. The predicted molar refractivity (Wildman–Crippen MR) is 105 cm³/mol. The molecule has 1 amide bonds. The van der Waals surface area contributed by atoms with Crippen LogP contribution in [0.2, 0.25) is 0 Å². The molecule has 0 saturated heterocycles. The number of aromatic nitrogens is 2. The Hall–Kier alpha value is -3.16. The molecule has 158 valence electrons. The van der Waals surface area contributed by atoms with Crippen LogP contribution < -0.4 is 0 Å². The van der Waals surface area contributed by atoms with Gasteiger partial charge in [-0.3, -0.25) is 4.79 Å². The fourth-order valence-corrected chi connectivity index (χ4v) is 3.09. The molecule has 1 heterocycles. The largest absolute Gasteiger partial charge is 0.416 e. The Labute approximate surface area is 171 Å². The Bertz CT molecular complexity index is 1040. The first kappa shape index (κ1) is 21.5. The first-order valence-corrected chi connectivity index (χ1v) is 9.31. The molecule has 0 aliphatic carbocycles. The van der Waals surface area contributed by atoms with Crippen LogP contribution in [0.4, 0.5) is 17.6 Å². The van der Waals surface area contributed by atoms with Crippen molar-refractivity contribution in [2.45, 2.75) is 32.6 Å². The molecule has 0 bridgehead atoms. The highest BCUT2D eigenvalue weighted by Gasteiger charge is 2.30. The minimum absolute atomic E-state index is 0.140. The summed E-state index contributed by atoms with van der Waals surface area (Å²) in [5, 5.41) is 0. The van der Waals surface area contributed by atoms with Gasteiger partial charge in [0.15, 0.2) is 0 Å². The van der Waals surface area contributed by atoms with Gasteiger partial charge in [-0.15, -0.1) is 0 Å². The molecule has 0 aliphatic rings. The molecule has 0 aliphatic heterocycles. The topological polar surface area (TPSA) is 38.1 Å². The van der Waals surface area contributed by atoms with Crippen LogP contribution in [0.3, 0.4) is 0 Å². The summed E-state index contributed by atoms with van der Waals surface area (Å²) in [5.74, 6) is -0.809. The molecule has 0 radical (unpaired) electrons. The van der Waals surface area contributed by atoms with Gasteiger partial charge < -0.3 is 9.47 Å². The monoisotopic (exact) mass is 419 g/mol. The highest BCUT2D eigenvalue weighted by molar-refractivity contribution is 5.92. The van der Waals surface area contributed by atoms with Crippen LogP contribution >= 0.6 is 0 Å². The lowest BCUT2D eigenvalue weighted by Crippen LogP contribution is -2.36. The Balaban J connectivity index is 1.89. The van der Waals surface area contributed by atoms with Gasteiger partial charge in [0.1, 0.15) is 11.5 Å². The van der Waals surface area contributed by atoms with Crippen molar-refractivity contribution in [2.24, 2.45) is 7.05 Å². The third-order valence-corrected chi connectivity index (χ3v) is 4.72. The molecule has 0 saturated carbocycles. The smallest absolute Gasteiger partial charge is 0.340 e. The van der Waals surface area contributed by atoms with Gasteiger partial charge in [-0.2, -0.15) is 13.2 Å². The average Bonchev–Trinajstić information content (AvgIpc) is 3.12. The lowest BCUT2D eigenvalue weighted by Gasteiger charge is -2.26. The van der Waals surface area contributed by atoms with Crippen LogP contribution in [-0.2, 0) is 19.8 Å². The van der Waals surface area contributed by atoms with Gasteiger partial charge in [-0.25, -0.2) is 9.37 Å². The number of nitrogens with zero attached hydrogens (tertiary/aromatic N) is 3. The van der Waals surface area contributed by atoms with Crippen LogP contribution in [0.5, 0.6) is 0 Å². The van der Waals surface area contributed by atoms with Crippen molar-refractivity contribution in [2.75, 3.05) is 0 Å². The molecule has 0 atom stereocenters. The van der Waals surface area contributed by atoms with E-state index in [1.165, 1.54) is 24.5 Å². The fraction of sp³-hybridized carbons (Fsp3) is 0.273. The maximum atomic E-state index is 14.4. The van der Waals surface area contributed by atoms with E-state index in [9.17, 15) is 22.4 Å². The zero-order valence-corrected chi connectivity index (χ0v) is 16.7. The molecule has 30 heavy (non-hydrogen) atoms. The summed E-state index contributed by atoms with van der Waals surface area (Å²) < 4.78 is 54.4. The minimum Gasteiger partial charge on any atom is -0.340 e. The van der Waals surface area contributed by atoms with Crippen LogP contribution in [0.15, 0.2) is 55.0 Å². The summed E-state index contributed by atoms with van der Waals surface area (Å²) in [6, 6.07) is 8.56. The van der Waals surface area contributed by atoms with Gasteiger partial charge in [0.05, 0.1) is 11.9 Å². The Morgan fingerprint density at radius 3 is 2.33 bits per heavy atom. The zero-order chi connectivity index (χ0) is 22.1. The number of amides is 1. The molecule has 3 aromatic rings. The summed E-state index contributed by atoms with van der Waals surface area (Å²) in [6.07, 6.45) is -1.30. The molecule has 8 heteroatoms. The number of hydrogen-bond donors (Lipinski definition) is 0. The zero-order valence-electron chi connectivity index (χ0n) is 16.7. The van der Waals surface area contributed by atoms with Crippen molar-refractivity contribution in [3.63, 3.8) is 0 Å². The first-order chi connectivity index (χ1) is 14.1. The van der Waals surface area contributed by atoms with E-state index in [0.29, 0.717) is 16.8 Å². The average molecular weight is 419 g/mol. The Morgan fingerprint density at radius 2 is 1.80 bits per heavy atom. The number of carbonyl (C=O) groups is 1. The number of imidazole rings is 1. The van der Waals surface area contributed by atoms with E-state index < -0.39 is 17.6 Å². The predicted octanol–water partition coefficient (Wildman–Crippen LogP) is 5.30. The second kappa shape index (κ2) is 8.30. The van der Waals surface area contributed by atoms with Crippen LogP contribution in [-0.4, -0.2) is 26.4 Å². The highest BCUT2D eigenvalue weighted by Crippen LogP contribution is 2.32. The third kappa shape index (κ3) is 4.69. The lowest BCUT2D eigenvalue weighted by molar-refractivity contribution is -0.137. The normalized spacial score (nSPS) is 11.7. The lowest BCUT2D eigenvalue weighted by atomic mass is 10.0. The van der Waals surface area contributed by atoms with Crippen molar-refractivity contribution < 1.29 is 22.4 Å². The minimum atomic E-state index is -4.46. The molecule has 1 aromatic heterocycles. The van der Waals surface area contributed by atoms with E-state index in [4.69, 9.17) is 0 Å². The van der Waals surface area contributed by atoms with Crippen molar-refractivity contribution in [3.8, 4) is 11.1 Å². The van der Waals surface area contributed by atoms with E-state index in [0.717, 1.165) is 12.1 Å². The summed E-state index contributed by atoms with van der Waals surface area (Å²) in [6.45, 7) is 3.93. The van der Waals surface area contributed by atoms with E-state index in [2.05, 4.69) is 4.98 Å². The van der Waals surface area contributed by atoms with E-state index in [-0.39, 0.29) is 24.1 Å². The SMILES string of the molecule is CC(C)N(Cc1ccc(F)c(-c2ccc(C(F)(F)F)cc2)c1)C(=O)c1cn(C)cn1. The second-order valence-corrected chi connectivity index (χ2v) is 7.34. The van der Waals surface area contributed by atoms with Crippen LogP contribution in [0.1, 0.15) is 35.5 Å². The van der Waals surface area contributed by atoms with Gasteiger partial charge in [-0.05, 0) is 49.2 Å². The molecule has 0 N–H and O–H groups in total. The number of benzene rings is 2. The molecule has 0 spiro atoms. The van der Waals surface area contributed by atoms with Crippen molar-refractivity contribution in [1.29, 1.82) is 0 Å². The third-order valence-electron chi connectivity index (χ3n) is 4.72. The first-order valence-electron chi connectivity index (χ1n) is 9.31. The van der Waals surface area contributed by atoms with Crippen molar-refractivity contribution >= 4 is 5.91 Å². The number of aryl methyl sites for hydroxylation is 1. The second-order valence-electron chi connectivity index (χ2n) is 7.34. The van der Waals surface area contributed by atoms with Crippen molar-refractivity contribution in [3.05, 3.63) is 77.6 Å². The van der Waals surface area contributed by atoms with E-state index >= 15 is 0 Å². The number of halogens is 4. The van der Waals surface area contributed by atoms with Gasteiger partial charge in [0.2, 0.25) is 0 Å². The van der Waals surface area contributed by atoms with Crippen LogP contribution in [0.25, 0.3) is 11.1 Å². The molecular weight excluding hydrogens is 398 g/mol. The number of hydrogen-bond acceptors (Lipinski definition) is 2. The fourth-order valence-electron chi connectivity index (χ4n) is 3.09. The summed E-state index contributed by atoms with van der Waals surface area (Å²) >= 11 is 0. The molecular formula is C22H21F4N3O. The molecule has 0 unspecified atom stereocenters. The molecule has 4 nitrogen and oxygen atoms in total. The summed E-state index contributed by atoms with van der Waals surface area (Å²) in [4.78, 5) is 18.5. The highest BCUT2D eigenvalue weighted by atomic mass is 19.4. The van der Waals surface area contributed by atoms with Gasteiger partial charge in [-0.1, -0.05) is 18.2 Å². The Morgan fingerprint density at radius 1 is 1.13 bits per heavy atom. The number of alkyl halides is 3. The van der Waals surface area contributed by atoms with Crippen molar-refractivity contribution in [1.82, 2.24) is 14.5 Å². The number of carbonyl (C=O) groups excluding carboxylic acids is 1. The number of rotatable bonds is 5. The Kier molecular flexibility index (Phi) is 5.96. The van der Waals surface area contributed by atoms with Gasteiger partial charge in [0.25, 0.3) is 5.91 Å². The van der Waals surface area contributed by atoms with Gasteiger partial charge >= 0.3 is 6.18 Å². The molecule has 2 aromatic carbocycles. The standard InChI is InChI=1S/C22H21F4N3O/c1-14(2)29(21(30)20-12-28(3)13-27-20)11-15-4-9-19(23)18(10-15)16-5-7-17(8-6-16)22(24,25)26/h4-10,12-14H,11H2,1-3H3. The van der Waals surface area contributed by atoms with Crippen LogP contribution in [0, 0.1) is 5.82 Å².